The Bertz CT molecular complexity index is 744. The van der Waals surface area contributed by atoms with E-state index < -0.39 is 0 Å². The molecule has 0 aliphatic rings. The molecule has 102 valence electrons. The minimum atomic E-state index is -0.211. The molecule has 0 bridgehead atoms. The van der Waals surface area contributed by atoms with Gasteiger partial charge >= 0.3 is 0 Å². The van der Waals surface area contributed by atoms with E-state index in [1.54, 1.807) is 12.1 Å². The molecular weight excluding hydrogens is 253 g/mol. The van der Waals surface area contributed by atoms with Crippen LogP contribution in [0.25, 0.3) is 11.0 Å². The minimum absolute atomic E-state index is 0.211. The first-order valence-corrected chi connectivity index (χ1v) is 6.60. The van der Waals surface area contributed by atoms with Crippen LogP contribution in [0.1, 0.15) is 11.1 Å². The van der Waals surface area contributed by atoms with Crippen molar-refractivity contribution in [2.75, 3.05) is 5.73 Å². The third-order valence-corrected chi connectivity index (χ3v) is 3.47. The quantitative estimate of drug-likeness (QED) is 0.792. The Kier molecular flexibility index (Phi) is 3.14. The average Bonchev–Trinajstić information content (AvgIpc) is 2.73. The molecule has 4 heteroatoms. The standard InChI is InChI=1S/C16H16FN3/c1-11-2-7-15-14(10-11)19-16(18)20(15)9-8-12-3-5-13(17)6-4-12/h2-7,10H,8-9H2,1H3,(H2,18,19). The van der Waals surface area contributed by atoms with Crippen molar-refractivity contribution in [1.29, 1.82) is 0 Å². The zero-order valence-corrected chi connectivity index (χ0v) is 11.3. The Morgan fingerprint density at radius 1 is 1.15 bits per heavy atom. The number of halogens is 1. The third-order valence-electron chi connectivity index (χ3n) is 3.47. The van der Waals surface area contributed by atoms with E-state index in [0.29, 0.717) is 5.95 Å². The van der Waals surface area contributed by atoms with Crippen LogP contribution in [0, 0.1) is 12.7 Å². The number of nitrogen functional groups attached to an aromatic ring is 1. The lowest BCUT2D eigenvalue weighted by molar-refractivity contribution is 0.626. The van der Waals surface area contributed by atoms with Crippen LogP contribution in [0.3, 0.4) is 0 Å². The molecule has 3 rings (SSSR count). The number of rotatable bonds is 3. The maximum atomic E-state index is 12.9. The van der Waals surface area contributed by atoms with Crippen LogP contribution in [0.5, 0.6) is 0 Å². The third kappa shape index (κ3) is 2.37. The highest BCUT2D eigenvalue weighted by Crippen LogP contribution is 2.19. The Labute approximate surface area is 116 Å². The second-order valence-electron chi connectivity index (χ2n) is 4.99. The predicted octanol–water partition coefficient (Wildman–Crippen LogP) is 3.31. The second kappa shape index (κ2) is 4.96. The van der Waals surface area contributed by atoms with Crippen LogP contribution in [0.4, 0.5) is 10.3 Å². The van der Waals surface area contributed by atoms with Gasteiger partial charge in [-0.2, -0.15) is 0 Å². The second-order valence-corrected chi connectivity index (χ2v) is 4.99. The van der Waals surface area contributed by atoms with Crippen molar-refractivity contribution in [1.82, 2.24) is 9.55 Å². The van der Waals surface area contributed by atoms with E-state index in [0.717, 1.165) is 29.6 Å². The molecule has 0 spiro atoms. The van der Waals surface area contributed by atoms with E-state index in [1.807, 2.05) is 23.6 Å². The van der Waals surface area contributed by atoms with E-state index in [9.17, 15) is 4.39 Å². The first-order chi connectivity index (χ1) is 9.63. The Balaban J connectivity index is 1.87. The van der Waals surface area contributed by atoms with Crippen molar-refractivity contribution < 1.29 is 4.39 Å². The summed E-state index contributed by atoms with van der Waals surface area (Å²) in [6.07, 6.45) is 0.795. The van der Waals surface area contributed by atoms with Gasteiger partial charge in [-0.25, -0.2) is 9.37 Å². The van der Waals surface area contributed by atoms with Crippen molar-refractivity contribution in [3.8, 4) is 0 Å². The molecule has 2 aromatic carbocycles. The lowest BCUT2D eigenvalue weighted by atomic mass is 10.1. The Morgan fingerprint density at radius 3 is 2.65 bits per heavy atom. The smallest absolute Gasteiger partial charge is 0.201 e. The van der Waals surface area contributed by atoms with Gasteiger partial charge in [0.2, 0.25) is 5.95 Å². The van der Waals surface area contributed by atoms with Gasteiger partial charge in [0.15, 0.2) is 0 Å². The number of anilines is 1. The normalized spacial score (nSPS) is 11.1. The molecule has 0 fully saturated rings. The van der Waals surface area contributed by atoms with Gasteiger partial charge < -0.3 is 10.3 Å². The van der Waals surface area contributed by atoms with Gasteiger partial charge in [0.25, 0.3) is 0 Å². The number of aryl methyl sites for hydroxylation is 3. The molecule has 0 atom stereocenters. The number of aromatic nitrogens is 2. The molecule has 0 aliphatic carbocycles. The number of hydrogen-bond donors (Lipinski definition) is 1. The average molecular weight is 269 g/mol. The summed E-state index contributed by atoms with van der Waals surface area (Å²) in [5, 5.41) is 0. The van der Waals surface area contributed by atoms with Crippen molar-refractivity contribution in [3.63, 3.8) is 0 Å². The van der Waals surface area contributed by atoms with Gasteiger partial charge in [0.05, 0.1) is 11.0 Å². The molecule has 0 amide bonds. The van der Waals surface area contributed by atoms with Gasteiger partial charge in [-0.05, 0) is 48.7 Å². The van der Waals surface area contributed by atoms with Crippen LogP contribution in [0.15, 0.2) is 42.5 Å². The molecule has 2 N–H and O–H groups in total. The van der Waals surface area contributed by atoms with Crippen LogP contribution in [-0.4, -0.2) is 9.55 Å². The van der Waals surface area contributed by atoms with E-state index in [2.05, 4.69) is 11.1 Å². The summed E-state index contributed by atoms with van der Waals surface area (Å²) in [4.78, 5) is 4.38. The molecule has 3 aromatic rings. The molecule has 0 unspecified atom stereocenters. The molecule has 0 saturated carbocycles. The van der Waals surface area contributed by atoms with Crippen LogP contribution in [0.2, 0.25) is 0 Å². The molecule has 0 aliphatic heterocycles. The summed E-state index contributed by atoms with van der Waals surface area (Å²) in [6, 6.07) is 12.7. The summed E-state index contributed by atoms with van der Waals surface area (Å²) in [5.74, 6) is 0.310. The molecule has 0 saturated heterocycles. The van der Waals surface area contributed by atoms with Crippen LogP contribution >= 0.6 is 0 Å². The molecule has 3 nitrogen and oxygen atoms in total. The largest absolute Gasteiger partial charge is 0.369 e. The summed E-state index contributed by atoms with van der Waals surface area (Å²) in [7, 11) is 0. The van der Waals surface area contributed by atoms with E-state index in [4.69, 9.17) is 5.73 Å². The van der Waals surface area contributed by atoms with Gasteiger partial charge in [-0.3, -0.25) is 0 Å². The van der Waals surface area contributed by atoms with E-state index in [1.165, 1.54) is 17.7 Å². The van der Waals surface area contributed by atoms with Crippen molar-refractivity contribution in [3.05, 3.63) is 59.4 Å². The zero-order chi connectivity index (χ0) is 14.1. The Morgan fingerprint density at radius 2 is 1.90 bits per heavy atom. The monoisotopic (exact) mass is 269 g/mol. The van der Waals surface area contributed by atoms with Crippen LogP contribution in [-0.2, 0) is 13.0 Å². The van der Waals surface area contributed by atoms with Crippen LogP contribution < -0.4 is 5.73 Å². The van der Waals surface area contributed by atoms with E-state index >= 15 is 0 Å². The maximum Gasteiger partial charge on any atom is 0.201 e. The van der Waals surface area contributed by atoms with Gasteiger partial charge in [-0.1, -0.05) is 18.2 Å². The number of imidazole rings is 1. The number of nitrogens with two attached hydrogens (primary N) is 1. The first kappa shape index (κ1) is 12.7. The molecular formula is C16H16FN3. The molecule has 1 aromatic heterocycles. The lowest BCUT2D eigenvalue weighted by Crippen LogP contribution is -2.05. The number of fused-ring (bicyclic) bond motifs is 1. The van der Waals surface area contributed by atoms with E-state index in [-0.39, 0.29) is 5.82 Å². The molecule has 20 heavy (non-hydrogen) atoms. The highest BCUT2D eigenvalue weighted by atomic mass is 19.1. The summed E-state index contributed by atoms with van der Waals surface area (Å²) in [6.45, 7) is 2.77. The molecule has 0 radical (unpaired) electrons. The predicted molar refractivity (Wildman–Crippen MR) is 79.0 cm³/mol. The SMILES string of the molecule is Cc1ccc2c(c1)nc(N)n2CCc1ccc(F)cc1. The summed E-state index contributed by atoms with van der Waals surface area (Å²) < 4.78 is 14.9. The Hall–Kier alpha value is -2.36. The van der Waals surface area contributed by atoms with Crippen molar-refractivity contribution >= 4 is 17.0 Å². The topological polar surface area (TPSA) is 43.8 Å². The minimum Gasteiger partial charge on any atom is -0.369 e. The lowest BCUT2D eigenvalue weighted by Gasteiger charge is -2.07. The summed E-state index contributed by atoms with van der Waals surface area (Å²) in [5.41, 5.74) is 10.2. The van der Waals surface area contributed by atoms with Gasteiger partial charge in [0.1, 0.15) is 5.82 Å². The van der Waals surface area contributed by atoms with Crippen molar-refractivity contribution in [2.45, 2.75) is 19.9 Å². The number of hydrogen-bond acceptors (Lipinski definition) is 2. The summed E-state index contributed by atoms with van der Waals surface area (Å²) >= 11 is 0. The fourth-order valence-corrected chi connectivity index (χ4v) is 2.39. The van der Waals surface area contributed by atoms with Gasteiger partial charge in [-0.15, -0.1) is 0 Å². The zero-order valence-electron chi connectivity index (χ0n) is 11.3. The number of nitrogens with zero attached hydrogens (tertiary/aromatic N) is 2. The fourth-order valence-electron chi connectivity index (χ4n) is 2.39. The first-order valence-electron chi connectivity index (χ1n) is 6.60. The highest BCUT2D eigenvalue weighted by Gasteiger charge is 2.08. The van der Waals surface area contributed by atoms with Gasteiger partial charge in [0, 0.05) is 6.54 Å². The number of benzene rings is 2. The molecule has 1 heterocycles. The fraction of sp³-hybridized carbons (Fsp3) is 0.188. The highest BCUT2D eigenvalue weighted by molar-refractivity contribution is 5.79. The maximum absolute atomic E-state index is 12.9. The van der Waals surface area contributed by atoms with Crippen molar-refractivity contribution in [2.24, 2.45) is 0 Å².